The molecule has 4 rings (SSSR count). The number of aliphatic imine (C=N–C) groups is 1. The highest BCUT2D eigenvalue weighted by molar-refractivity contribution is 8.18. The molecule has 0 spiro atoms. The van der Waals surface area contributed by atoms with Gasteiger partial charge < -0.3 is 14.8 Å². The van der Waals surface area contributed by atoms with Crippen molar-refractivity contribution in [3.05, 3.63) is 96.4 Å². The number of halogens is 2. The SMILES string of the molecule is CCOc1cc(/C=C2/SC(=Nc3cccc(Cl)c3C)NC2=O)cc(Cl)c1OCc1cccc([N+](=O)[O-])c1. The molecule has 0 aliphatic carbocycles. The number of nitro benzene ring substituents is 1. The van der Waals surface area contributed by atoms with Gasteiger partial charge in [-0.15, -0.1) is 0 Å². The first-order chi connectivity index (χ1) is 17.7. The van der Waals surface area contributed by atoms with Gasteiger partial charge in [0.25, 0.3) is 11.6 Å². The maximum absolute atomic E-state index is 12.6. The Morgan fingerprint density at radius 1 is 1.11 bits per heavy atom. The summed E-state index contributed by atoms with van der Waals surface area (Å²) in [6.07, 6.45) is 1.69. The third-order valence-corrected chi connectivity index (χ3v) is 6.85. The van der Waals surface area contributed by atoms with E-state index in [-0.39, 0.29) is 23.2 Å². The maximum Gasteiger partial charge on any atom is 0.269 e. The Morgan fingerprint density at radius 2 is 1.89 bits per heavy atom. The lowest BCUT2D eigenvalue weighted by Crippen LogP contribution is -2.19. The standard InChI is InChI=1S/C26H21Cl2N3O5S/c1-3-35-22-12-17(11-20(28)24(22)36-14-16-6-4-7-18(10-16)31(33)34)13-23-25(32)30-26(37-23)29-21-9-5-8-19(27)15(21)2/h4-13H,3,14H2,1-2H3,(H,29,30,32)/b23-13+. The third-order valence-electron chi connectivity index (χ3n) is 5.25. The van der Waals surface area contributed by atoms with Gasteiger partial charge in [0.15, 0.2) is 16.7 Å². The fraction of sp³-hybridized carbons (Fsp3) is 0.154. The number of non-ortho nitro benzene ring substituents is 1. The Bertz CT molecular complexity index is 1440. The number of carbonyl (C=O) groups is 1. The summed E-state index contributed by atoms with van der Waals surface area (Å²) in [4.78, 5) is 28.1. The van der Waals surface area contributed by atoms with E-state index in [1.165, 1.54) is 23.9 Å². The van der Waals surface area contributed by atoms with E-state index in [0.717, 1.165) is 5.56 Å². The van der Waals surface area contributed by atoms with Gasteiger partial charge in [0.2, 0.25) is 0 Å². The van der Waals surface area contributed by atoms with Crippen LogP contribution in [0, 0.1) is 17.0 Å². The number of rotatable bonds is 8. The zero-order valence-corrected chi connectivity index (χ0v) is 22.1. The minimum atomic E-state index is -0.464. The second-order valence-corrected chi connectivity index (χ2v) is 9.69. The lowest BCUT2D eigenvalue weighted by Gasteiger charge is -2.14. The fourth-order valence-electron chi connectivity index (χ4n) is 3.45. The van der Waals surface area contributed by atoms with Crippen LogP contribution in [-0.2, 0) is 11.4 Å². The zero-order valence-electron chi connectivity index (χ0n) is 19.8. The van der Waals surface area contributed by atoms with Crippen molar-refractivity contribution in [3.8, 4) is 11.5 Å². The van der Waals surface area contributed by atoms with Gasteiger partial charge in [-0.05, 0) is 72.6 Å². The van der Waals surface area contributed by atoms with Crippen LogP contribution in [0.25, 0.3) is 6.08 Å². The predicted molar refractivity (Wildman–Crippen MR) is 147 cm³/mol. The van der Waals surface area contributed by atoms with E-state index < -0.39 is 4.92 Å². The molecule has 1 saturated heterocycles. The van der Waals surface area contributed by atoms with Gasteiger partial charge >= 0.3 is 0 Å². The number of amidine groups is 1. The lowest BCUT2D eigenvalue weighted by molar-refractivity contribution is -0.384. The highest BCUT2D eigenvalue weighted by Gasteiger charge is 2.25. The number of thioether (sulfide) groups is 1. The van der Waals surface area contributed by atoms with Crippen molar-refractivity contribution in [3.63, 3.8) is 0 Å². The molecule has 1 heterocycles. The van der Waals surface area contributed by atoms with Crippen LogP contribution in [0.2, 0.25) is 10.0 Å². The average Bonchev–Trinajstić information content (AvgIpc) is 3.20. The predicted octanol–water partition coefficient (Wildman–Crippen LogP) is 7.08. The molecule has 0 bridgehead atoms. The van der Waals surface area contributed by atoms with Gasteiger partial charge in [0.05, 0.1) is 27.1 Å². The van der Waals surface area contributed by atoms with Crippen LogP contribution in [0.1, 0.15) is 23.6 Å². The Morgan fingerprint density at radius 3 is 2.65 bits per heavy atom. The van der Waals surface area contributed by atoms with Crippen LogP contribution in [-0.4, -0.2) is 22.6 Å². The molecular formula is C26H21Cl2N3O5S. The van der Waals surface area contributed by atoms with Crippen LogP contribution >= 0.6 is 35.0 Å². The van der Waals surface area contributed by atoms with Gasteiger partial charge in [-0.1, -0.05) is 41.4 Å². The van der Waals surface area contributed by atoms with Crippen molar-refractivity contribution < 1.29 is 19.2 Å². The first-order valence-corrected chi connectivity index (χ1v) is 12.7. The van der Waals surface area contributed by atoms with Crippen molar-refractivity contribution in [1.82, 2.24) is 5.32 Å². The van der Waals surface area contributed by atoms with Crippen molar-refractivity contribution in [1.29, 1.82) is 0 Å². The molecule has 0 atom stereocenters. The van der Waals surface area contributed by atoms with E-state index in [4.69, 9.17) is 32.7 Å². The van der Waals surface area contributed by atoms with Crippen molar-refractivity contribution in [2.24, 2.45) is 4.99 Å². The van der Waals surface area contributed by atoms with Gasteiger partial charge in [-0.3, -0.25) is 14.9 Å². The summed E-state index contributed by atoms with van der Waals surface area (Å²) < 4.78 is 11.6. The quantitative estimate of drug-likeness (QED) is 0.180. The number of nitro groups is 1. The molecule has 11 heteroatoms. The zero-order chi connectivity index (χ0) is 26.5. The number of hydrogen-bond donors (Lipinski definition) is 1. The highest BCUT2D eigenvalue weighted by atomic mass is 35.5. The van der Waals surface area contributed by atoms with E-state index in [0.29, 0.717) is 50.0 Å². The maximum atomic E-state index is 12.6. The summed E-state index contributed by atoms with van der Waals surface area (Å²) in [5, 5.41) is 15.1. The topological polar surface area (TPSA) is 103 Å². The first-order valence-electron chi connectivity index (χ1n) is 11.1. The molecule has 0 unspecified atom stereocenters. The molecule has 8 nitrogen and oxygen atoms in total. The average molecular weight is 558 g/mol. The Balaban J connectivity index is 1.57. The summed E-state index contributed by atoms with van der Waals surface area (Å²) in [6.45, 7) is 4.10. The number of benzene rings is 3. The number of amides is 1. The molecule has 0 radical (unpaired) electrons. The third kappa shape index (κ3) is 6.43. The number of nitrogens with zero attached hydrogens (tertiary/aromatic N) is 2. The first kappa shape index (κ1) is 26.5. The second-order valence-electron chi connectivity index (χ2n) is 7.84. The van der Waals surface area contributed by atoms with Crippen LogP contribution in [0.3, 0.4) is 0 Å². The Labute approximate surface area is 227 Å². The molecule has 0 aromatic heterocycles. The molecule has 1 aliphatic heterocycles. The van der Waals surface area contributed by atoms with Crippen LogP contribution in [0.15, 0.2) is 64.5 Å². The number of nitrogens with one attached hydrogen (secondary N) is 1. The van der Waals surface area contributed by atoms with E-state index >= 15 is 0 Å². The van der Waals surface area contributed by atoms with Crippen LogP contribution in [0.4, 0.5) is 11.4 Å². The summed E-state index contributed by atoms with van der Waals surface area (Å²) in [5.74, 6) is 0.405. The molecular weight excluding hydrogens is 537 g/mol. The van der Waals surface area contributed by atoms with Crippen LogP contribution < -0.4 is 14.8 Å². The summed E-state index contributed by atoms with van der Waals surface area (Å²) in [6, 6.07) is 14.9. The summed E-state index contributed by atoms with van der Waals surface area (Å²) >= 11 is 13.9. The lowest BCUT2D eigenvalue weighted by atomic mass is 10.1. The highest BCUT2D eigenvalue weighted by Crippen LogP contribution is 2.39. The second kappa shape index (κ2) is 11.7. The largest absolute Gasteiger partial charge is 0.490 e. The Kier molecular flexibility index (Phi) is 8.38. The van der Waals surface area contributed by atoms with Crippen molar-refractivity contribution in [2.45, 2.75) is 20.5 Å². The Hall–Kier alpha value is -3.53. The number of ether oxygens (including phenoxy) is 2. The molecule has 1 fully saturated rings. The van der Waals surface area contributed by atoms with Gasteiger partial charge in [-0.2, -0.15) is 0 Å². The van der Waals surface area contributed by atoms with Gasteiger partial charge in [0.1, 0.15) is 6.61 Å². The van der Waals surface area contributed by atoms with E-state index in [1.807, 2.05) is 19.9 Å². The normalized spacial score (nSPS) is 15.2. The molecule has 1 N–H and O–H groups in total. The van der Waals surface area contributed by atoms with Gasteiger partial charge in [0, 0.05) is 17.2 Å². The number of carbonyl (C=O) groups excluding carboxylic acids is 1. The van der Waals surface area contributed by atoms with Crippen LogP contribution in [0.5, 0.6) is 11.5 Å². The van der Waals surface area contributed by atoms with Crippen molar-refractivity contribution in [2.75, 3.05) is 6.61 Å². The molecule has 0 saturated carbocycles. The smallest absolute Gasteiger partial charge is 0.269 e. The molecule has 1 aliphatic rings. The minimum Gasteiger partial charge on any atom is -0.490 e. The fourth-order valence-corrected chi connectivity index (χ4v) is 4.73. The van der Waals surface area contributed by atoms with E-state index in [9.17, 15) is 14.9 Å². The monoisotopic (exact) mass is 557 g/mol. The summed E-state index contributed by atoms with van der Waals surface area (Å²) in [5.41, 5.74) is 2.70. The van der Waals surface area contributed by atoms with Gasteiger partial charge in [-0.25, -0.2) is 4.99 Å². The summed E-state index contributed by atoms with van der Waals surface area (Å²) in [7, 11) is 0. The molecule has 190 valence electrons. The molecule has 1 amide bonds. The van der Waals surface area contributed by atoms with Crippen molar-refractivity contribution >= 4 is 63.5 Å². The molecule has 3 aromatic rings. The van der Waals surface area contributed by atoms with E-state index in [1.54, 1.807) is 42.5 Å². The molecule has 37 heavy (non-hydrogen) atoms. The number of hydrogen-bond acceptors (Lipinski definition) is 7. The van der Waals surface area contributed by atoms with E-state index in [2.05, 4.69) is 10.3 Å². The minimum absolute atomic E-state index is 0.0278. The molecule has 3 aromatic carbocycles.